The van der Waals surface area contributed by atoms with Crippen LogP contribution in [0.4, 0.5) is 5.69 Å². The van der Waals surface area contributed by atoms with Crippen molar-refractivity contribution in [3.63, 3.8) is 0 Å². The number of benzene rings is 1. The van der Waals surface area contributed by atoms with Crippen molar-refractivity contribution in [3.8, 4) is 0 Å². The average molecular weight is 286 g/mol. The summed E-state index contributed by atoms with van der Waals surface area (Å²) < 4.78 is 10.8. The zero-order valence-corrected chi connectivity index (χ0v) is 11.6. The minimum absolute atomic E-state index is 0.0246. The van der Waals surface area contributed by atoms with Gasteiger partial charge in [0.15, 0.2) is 6.29 Å². The molecule has 0 atom stereocenters. The number of nitro groups is 1. The van der Waals surface area contributed by atoms with E-state index in [1.54, 1.807) is 6.07 Å². The monoisotopic (exact) mass is 285 g/mol. The number of nitro benzene ring substituents is 1. The molecule has 0 bridgehead atoms. The van der Waals surface area contributed by atoms with Gasteiger partial charge in [-0.3, -0.25) is 10.1 Å². The summed E-state index contributed by atoms with van der Waals surface area (Å²) in [7, 11) is 0. The highest BCUT2D eigenvalue weighted by Gasteiger charge is 2.22. The lowest BCUT2D eigenvalue weighted by atomic mass is 9.96. The van der Waals surface area contributed by atoms with Crippen LogP contribution in [-0.4, -0.2) is 24.4 Å². The standard InChI is InChI=1S/C13H16ClNO4/c1-8-11(3-10-6-18-9(2)19-7-10)4-12(15(16)17)5-13(8)14/h4-5,9-10H,3,6-7H2,1-2H3. The summed E-state index contributed by atoms with van der Waals surface area (Å²) in [6.07, 6.45) is 0.492. The van der Waals surface area contributed by atoms with Crippen LogP contribution in [0.3, 0.4) is 0 Å². The molecule has 0 unspecified atom stereocenters. The van der Waals surface area contributed by atoms with E-state index in [0.29, 0.717) is 24.7 Å². The summed E-state index contributed by atoms with van der Waals surface area (Å²) >= 11 is 6.04. The van der Waals surface area contributed by atoms with Gasteiger partial charge in [-0.15, -0.1) is 0 Å². The summed E-state index contributed by atoms with van der Waals surface area (Å²) in [4.78, 5) is 10.4. The molecule has 0 radical (unpaired) electrons. The fourth-order valence-electron chi connectivity index (χ4n) is 2.11. The second-order valence-electron chi connectivity index (χ2n) is 4.77. The van der Waals surface area contributed by atoms with E-state index in [1.165, 1.54) is 6.07 Å². The van der Waals surface area contributed by atoms with Crippen LogP contribution in [0.2, 0.25) is 5.02 Å². The molecule has 6 heteroatoms. The van der Waals surface area contributed by atoms with Gasteiger partial charge in [-0.1, -0.05) is 11.6 Å². The van der Waals surface area contributed by atoms with E-state index < -0.39 is 4.92 Å². The molecular weight excluding hydrogens is 270 g/mol. The highest BCUT2D eigenvalue weighted by Crippen LogP contribution is 2.28. The highest BCUT2D eigenvalue weighted by molar-refractivity contribution is 6.31. The quantitative estimate of drug-likeness (QED) is 0.632. The Morgan fingerprint density at radius 1 is 1.42 bits per heavy atom. The van der Waals surface area contributed by atoms with Crippen LogP contribution >= 0.6 is 11.6 Å². The van der Waals surface area contributed by atoms with E-state index in [1.807, 2.05) is 13.8 Å². The molecular formula is C13H16ClNO4. The van der Waals surface area contributed by atoms with E-state index in [-0.39, 0.29) is 17.9 Å². The van der Waals surface area contributed by atoms with Gasteiger partial charge < -0.3 is 9.47 Å². The molecule has 1 heterocycles. The fraction of sp³-hybridized carbons (Fsp3) is 0.538. The Kier molecular flexibility index (Phi) is 4.39. The third-order valence-corrected chi connectivity index (χ3v) is 3.68. The average Bonchev–Trinajstić information content (AvgIpc) is 2.37. The Morgan fingerprint density at radius 2 is 2.05 bits per heavy atom. The van der Waals surface area contributed by atoms with Crippen LogP contribution in [0.5, 0.6) is 0 Å². The van der Waals surface area contributed by atoms with Crippen LogP contribution < -0.4 is 0 Å². The van der Waals surface area contributed by atoms with Gasteiger partial charge in [-0.05, 0) is 31.4 Å². The van der Waals surface area contributed by atoms with Crippen molar-refractivity contribution < 1.29 is 14.4 Å². The molecule has 0 amide bonds. The Balaban J connectivity index is 2.17. The highest BCUT2D eigenvalue weighted by atomic mass is 35.5. The number of ether oxygens (including phenoxy) is 2. The first-order valence-corrected chi connectivity index (χ1v) is 6.51. The molecule has 0 N–H and O–H groups in total. The molecule has 0 aliphatic carbocycles. The smallest absolute Gasteiger partial charge is 0.271 e. The first kappa shape index (κ1) is 14.2. The Labute approximate surface area is 116 Å². The predicted molar refractivity (Wildman–Crippen MR) is 71.4 cm³/mol. The maximum atomic E-state index is 10.8. The van der Waals surface area contributed by atoms with E-state index in [4.69, 9.17) is 21.1 Å². The van der Waals surface area contributed by atoms with Gasteiger partial charge in [0.2, 0.25) is 0 Å². The van der Waals surface area contributed by atoms with E-state index >= 15 is 0 Å². The molecule has 104 valence electrons. The molecule has 1 aromatic carbocycles. The van der Waals surface area contributed by atoms with E-state index in [2.05, 4.69) is 0 Å². The van der Waals surface area contributed by atoms with Gasteiger partial charge >= 0.3 is 0 Å². The Morgan fingerprint density at radius 3 is 2.63 bits per heavy atom. The first-order valence-electron chi connectivity index (χ1n) is 6.14. The minimum Gasteiger partial charge on any atom is -0.353 e. The lowest BCUT2D eigenvalue weighted by Crippen LogP contribution is -2.31. The molecule has 5 nitrogen and oxygen atoms in total. The Hall–Kier alpha value is -1.17. The normalized spacial score (nSPS) is 23.3. The van der Waals surface area contributed by atoms with Gasteiger partial charge in [-0.2, -0.15) is 0 Å². The van der Waals surface area contributed by atoms with Gasteiger partial charge in [0, 0.05) is 18.1 Å². The maximum absolute atomic E-state index is 10.8. The van der Waals surface area contributed by atoms with Crippen LogP contribution in [0, 0.1) is 23.0 Å². The molecule has 0 saturated carbocycles. The first-order chi connectivity index (χ1) is 8.97. The molecule has 1 aliphatic rings. The van der Waals surface area contributed by atoms with Crippen LogP contribution in [0.25, 0.3) is 0 Å². The molecule has 1 aromatic rings. The van der Waals surface area contributed by atoms with Crippen LogP contribution in [-0.2, 0) is 15.9 Å². The molecule has 19 heavy (non-hydrogen) atoms. The van der Waals surface area contributed by atoms with Crippen LogP contribution in [0.1, 0.15) is 18.1 Å². The SMILES string of the molecule is Cc1c(Cl)cc([N+](=O)[O-])cc1CC1COC(C)OC1. The second kappa shape index (κ2) is 5.86. The van der Waals surface area contributed by atoms with E-state index in [0.717, 1.165) is 11.1 Å². The summed E-state index contributed by atoms with van der Waals surface area (Å²) in [5, 5.41) is 11.3. The molecule has 2 rings (SSSR count). The third kappa shape index (κ3) is 3.43. The van der Waals surface area contributed by atoms with E-state index in [9.17, 15) is 10.1 Å². The zero-order valence-electron chi connectivity index (χ0n) is 10.9. The number of non-ortho nitro benzene ring substituents is 1. The lowest BCUT2D eigenvalue weighted by Gasteiger charge is -2.27. The number of hydrogen-bond acceptors (Lipinski definition) is 4. The van der Waals surface area contributed by atoms with Gasteiger partial charge in [0.25, 0.3) is 5.69 Å². The molecule has 1 aliphatic heterocycles. The van der Waals surface area contributed by atoms with Crippen molar-refractivity contribution >= 4 is 17.3 Å². The maximum Gasteiger partial charge on any atom is 0.271 e. The zero-order chi connectivity index (χ0) is 14.0. The number of nitrogens with zero attached hydrogens (tertiary/aromatic N) is 1. The van der Waals surface area contributed by atoms with Gasteiger partial charge in [0.05, 0.1) is 23.2 Å². The number of rotatable bonds is 3. The summed E-state index contributed by atoms with van der Waals surface area (Å²) in [5.74, 6) is 0.202. The number of halogens is 1. The van der Waals surface area contributed by atoms with Crippen molar-refractivity contribution in [1.82, 2.24) is 0 Å². The summed E-state index contributed by atoms with van der Waals surface area (Å²) in [5.41, 5.74) is 1.79. The second-order valence-corrected chi connectivity index (χ2v) is 5.18. The Bertz CT molecular complexity index is 484. The fourth-order valence-corrected chi connectivity index (χ4v) is 2.34. The van der Waals surface area contributed by atoms with Crippen molar-refractivity contribution in [2.45, 2.75) is 26.6 Å². The molecule has 0 aromatic heterocycles. The molecule has 1 fully saturated rings. The molecule has 1 saturated heterocycles. The predicted octanol–water partition coefficient (Wildman–Crippen LogP) is 3.11. The van der Waals surface area contributed by atoms with Crippen molar-refractivity contribution in [2.75, 3.05) is 13.2 Å². The van der Waals surface area contributed by atoms with Crippen LogP contribution in [0.15, 0.2) is 12.1 Å². The largest absolute Gasteiger partial charge is 0.353 e. The summed E-state index contributed by atoms with van der Waals surface area (Å²) in [6, 6.07) is 2.97. The van der Waals surface area contributed by atoms with Gasteiger partial charge in [0.1, 0.15) is 0 Å². The lowest BCUT2D eigenvalue weighted by molar-refractivity contribution is -0.384. The number of hydrogen-bond donors (Lipinski definition) is 0. The topological polar surface area (TPSA) is 61.6 Å². The van der Waals surface area contributed by atoms with Crippen molar-refractivity contribution in [1.29, 1.82) is 0 Å². The van der Waals surface area contributed by atoms with Crippen molar-refractivity contribution in [2.24, 2.45) is 5.92 Å². The minimum atomic E-state index is -0.426. The van der Waals surface area contributed by atoms with Crippen molar-refractivity contribution in [3.05, 3.63) is 38.4 Å². The van der Waals surface area contributed by atoms with Gasteiger partial charge in [-0.25, -0.2) is 0 Å². The molecule has 0 spiro atoms. The third-order valence-electron chi connectivity index (χ3n) is 3.29. The summed E-state index contributed by atoms with van der Waals surface area (Å²) in [6.45, 7) is 4.92.